The van der Waals surface area contributed by atoms with Crippen molar-refractivity contribution in [2.75, 3.05) is 13.2 Å². The van der Waals surface area contributed by atoms with Gasteiger partial charge in [0.25, 0.3) is 0 Å². The molecular formula is C18H27NO3. The molecule has 1 atom stereocenters. The second-order valence-corrected chi connectivity index (χ2v) is 7.12. The lowest BCUT2D eigenvalue weighted by atomic mass is 9.78. The van der Waals surface area contributed by atoms with E-state index in [4.69, 9.17) is 9.47 Å². The second-order valence-electron chi connectivity index (χ2n) is 7.12. The number of ether oxygens (including phenoxy) is 2. The Hall–Kier alpha value is -1.58. The molecule has 1 aliphatic heterocycles. The van der Waals surface area contributed by atoms with Crippen LogP contribution in [-0.2, 0) is 0 Å². The van der Waals surface area contributed by atoms with Gasteiger partial charge in [0.15, 0.2) is 11.5 Å². The van der Waals surface area contributed by atoms with E-state index >= 15 is 0 Å². The Balaban J connectivity index is 2.24. The molecule has 0 radical (unpaired) electrons. The number of Topliss-reactive ketones (excluding diaryl/α,β-unsaturated/α-hetero) is 1. The highest BCUT2D eigenvalue weighted by molar-refractivity contribution is 5.97. The Labute approximate surface area is 133 Å². The van der Waals surface area contributed by atoms with E-state index in [0.717, 1.165) is 18.5 Å². The van der Waals surface area contributed by atoms with Gasteiger partial charge in [0.05, 0.1) is 18.9 Å². The van der Waals surface area contributed by atoms with Crippen LogP contribution in [0.5, 0.6) is 11.5 Å². The number of unbranched alkanes of at least 4 members (excludes halogenated alkanes) is 1. The van der Waals surface area contributed by atoms with E-state index in [-0.39, 0.29) is 17.1 Å². The topological polar surface area (TPSA) is 48.4 Å². The smallest absolute Gasteiger partial charge is 0.185 e. The maximum Gasteiger partial charge on any atom is 0.185 e. The standard InChI is InChI=1S/C18H27NO3/c1-6-7-8-21-15-10-16-17(19-12(15)2)14(20)9-13(11-22-16)18(3,4)5/h10,13H,6-9,11H2,1-5H3. The van der Waals surface area contributed by atoms with Gasteiger partial charge < -0.3 is 9.47 Å². The zero-order valence-corrected chi connectivity index (χ0v) is 14.4. The summed E-state index contributed by atoms with van der Waals surface area (Å²) in [6.07, 6.45) is 2.57. The summed E-state index contributed by atoms with van der Waals surface area (Å²) in [6, 6.07) is 1.83. The summed E-state index contributed by atoms with van der Waals surface area (Å²) in [5, 5.41) is 0. The Morgan fingerprint density at radius 2 is 2.14 bits per heavy atom. The van der Waals surface area contributed by atoms with E-state index in [1.165, 1.54) is 0 Å². The van der Waals surface area contributed by atoms with E-state index in [9.17, 15) is 4.79 Å². The first-order chi connectivity index (χ1) is 10.3. The van der Waals surface area contributed by atoms with Crippen LogP contribution in [0.4, 0.5) is 0 Å². The third-order valence-electron chi connectivity index (χ3n) is 4.25. The fourth-order valence-electron chi connectivity index (χ4n) is 2.48. The van der Waals surface area contributed by atoms with Gasteiger partial charge in [0.1, 0.15) is 11.4 Å². The molecule has 0 saturated heterocycles. The van der Waals surface area contributed by atoms with Gasteiger partial charge in [0, 0.05) is 18.4 Å². The number of fused-ring (bicyclic) bond motifs is 1. The average molecular weight is 305 g/mol. The van der Waals surface area contributed by atoms with E-state index in [0.29, 0.717) is 36.8 Å². The first kappa shape index (κ1) is 16.8. The normalized spacial score (nSPS) is 18.4. The minimum absolute atomic E-state index is 0.0349. The van der Waals surface area contributed by atoms with Crippen LogP contribution in [0, 0.1) is 18.3 Å². The van der Waals surface area contributed by atoms with Crippen LogP contribution in [0.1, 0.15) is 63.1 Å². The Bertz CT molecular complexity index is 546. The minimum Gasteiger partial charge on any atom is -0.492 e. The number of ketones is 1. The van der Waals surface area contributed by atoms with Crippen LogP contribution in [0.3, 0.4) is 0 Å². The first-order valence-electron chi connectivity index (χ1n) is 8.13. The van der Waals surface area contributed by atoms with Crippen molar-refractivity contribution in [3.63, 3.8) is 0 Å². The van der Waals surface area contributed by atoms with Crippen molar-refractivity contribution in [3.05, 3.63) is 17.5 Å². The lowest BCUT2D eigenvalue weighted by Gasteiger charge is -2.28. The molecule has 1 aromatic heterocycles. The monoisotopic (exact) mass is 305 g/mol. The van der Waals surface area contributed by atoms with Crippen molar-refractivity contribution in [2.45, 2.75) is 53.9 Å². The molecule has 1 aliphatic rings. The van der Waals surface area contributed by atoms with Gasteiger partial charge in [-0.1, -0.05) is 34.1 Å². The maximum atomic E-state index is 12.5. The number of aromatic nitrogens is 1. The molecule has 0 bridgehead atoms. The van der Waals surface area contributed by atoms with Crippen molar-refractivity contribution in [2.24, 2.45) is 11.3 Å². The third kappa shape index (κ3) is 3.79. The number of aryl methyl sites for hydroxylation is 1. The van der Waals surface area contributed by atoms with E-state index < -0.39 is 0 Å². The number of carbonyl (C=O) groups excluding carboxylic acids is 1. The molecule has 4 heteroatoms. The van der Waals surface area contributed by atoms with Crippen LogP contribution in [-0.4, -0.2) is 24.0 Å². The number of carbonyl (C=O) groups is 1. The predicted octanol–water partition coefficient (Wildman–Crippen LogP) is 4.20. The van der Waals surface area contributed by atoms with Crippen molar-refractivity contribution in [1.29, 1.82) is 0 Å². The van der Waals surface area contributed by atoms with Gasteiger partial charge in [-0.05, 0) is 18.8 Å². The lowest BCUT2D eigenvalue weighted by molar-refractivity contribution is 0.0888. The Morgan fingerprint density at radius 1 is 1.41 bits per heavy atom. The number of nitrogens with zero attached hydrogens (tertiary/aromatic N) is 1. The Kier molecular flexibility index (Phi) is 5.09. The molecule has 122 valence electrons. The van der Waals surface area contributed by atoms with Crippen LogP contribution >= 0.6 is 0 Å². The fraction of sp³-hybridized carbons (Fsp3) is 0.667. The quantitative estimate of drug-likeness (QED) is 0.782. The zero-order chi connectivity index (χ0) is 16.3. The summed E-state index contributed by atoms with van der Waals surface area (Å²) in [4.78, 5) is 17.0. The molecule has 0 fully saturated rings. The van der Waals surface area contributed by atoms with Gasteiger partial charge in [-0.15, -0.1) is 0 Å². The summed E-state index contributed by atoms with van der Waals surface area (Å²) in [5.41, 5.74) is 1.24. The summed E-state index contributed by atoms with van der Waals surface area (Å²) in [6.45, 7) is 11.6. The number of hydrogen-bond donors (Lipinski definition) is 0. The van der Waals surface area contributed by atoms with Crippen LogP contribution in [0.15, 0.2) is 6.07 Å². The van der Waals surface area contributed by atoms with Gasteiger partial charge in [0.2, 0.25) is 0 Å². The molecule has 0 saturated carbocycles. The Morgan fingerprint density at radius 3 is 2.77 bits per heavy atom. The molecule has 4 nitrogen and oxygen atoms in total. The number of hydrogen-bond acceptors (Lipinski definition) is 4. The molecule has 0 spiro atoms. The molecule has 1 aromatic rings. The van der Waals surface area contributed by atoms with Crippen molar-refractivity contribution < 1.29 is 14.3 Å². The third-order valence-corrected chi connectivity index (χ3v) is 4.25. The zero-order valence-electron chi connectivity index (χ0n) is 14.4. The first-order valence-corrected chi connectivity index (χ1v) is 8.13. The highest BCUT2D eigenvalue weighted by Gasteiger charge is 2.33. The van der Waals surface area contributed by atoms with E-state index in [1.54, 1.807) is 0 Å². The van der Waals surface area contributed by atoms with Crippen LogP contribution in [0.25, 0.3) is 0 Å². The maximum absolute atomic E-state index is 12.5. The van der Waals surface area contributed by atoms with E-state index in [1.807, 2.05) is 13.0 Å². The molecule has 0 aliphatic carbocycles. The predicted molar refractivity (Wildman–Crippen MR) is 86.8 cm³/mol. The minimum atomic E-state index is 0.0349. The van der Waals surface area contributed by atoms with E-state index in [2.05, 4.69) is 32.7 Å². The molecule has 2 rings (SSSR count). The molecule has 2 heterocycles. The van der Waals surface area contributed by atoms with Gasteiger partial charge in [-0.2, -0.15) is 0 Å². The summed E-state index contributed by atoms with van der Waals surface area (Å²) in [5.74, 6) is 1.54. The van der Waals surface area contributed by atoms with Crippen molar-refractivity contribution in [1.82, 2.24) is 4.98 Å². The summed E-state index contributed by atoms with van der Waals surface area (Å²) >= 11 is 0. The highest BCUT2D eigenvalue weighted by atomic mass is 16.5. The highest BCUT2D eigenvalue weighted by Crippen LogP contribution is 2.36. The van der Waals surface area contributed by atoms with Gasteiger partial charge in [-0.25, -0.2) is 4.98 Å². The number of rotatable bonds is 4. The number of pyridine rings is 1. The fourth-order valence-corrected chi connectivity index (χ4v) is 2.48. The molecule has 0 aromatic carbocycles. The molecule has 22 heavy (non-hydrogen) atoms. The second kappa shape index (κ2) is 6.67. The van der Waals surface area contributed by atoms with Gasteiger partial charge >= 0.3 is 0 Å². The largest absolute Gasteiger partial charge is 0.492 e. The molecule has 0 amide bonds. The SMILES string of the molecule is CCCCOc1cc2c(nc1C)C(=O)CC(C(C)(C)C)CO2. The average Bonchev–Trinajstić information content (AvgIpc) is 2.59. The van der Waals surface area contributed by atoms with Crippen molar-refractivity contribution in [3.8, 4) is 11.5 Å². The summed E-state index contributed by atoms with van der Waals surface area (Å²) in [7, 11) is 0. The lowest BCUT2D eigenvalue weighted by Crippen LogP contribution is -2.27. The van der Waals surface area contributed by atoms with Crippen LogP contribution in [0.2, 0.25) is 0 Å². The summed E-state index contributed by atoms with van der Waals surface area (Å²) < 4.78 is 11.7. The van der Waals surface area contributed by atoms with Gasteiger partial charge in [-0.3, -0.25) is 4.79 Å². The van der Waals surface area contributed by atoms with Crippen molar-refractivity contribution >= 4 is 5.78 Å². The molecule has 1 unspecified atom stereocenters. The molecule has 0 N–H and O–H groups in total. The van der Waals surface area contributed by atoms with Crippen LogP contribution < -0.4 is 9.47 Å². The molecular weight excluding hydrogens is 278 g/mol.